The van der Waals surface area contributed by atoms with Crippen molar-refractivity contribution in [1.82, 2.24) is 5.32 Å². The molecule has 28 heavy (non-hydrogen) atoms. The number of rotatable bonds is 8. The highest BCUT2D eigenvalue weighted by Crippen LogP contribution is 2.25. The number of benzene rings is 2. The van der Waals surface area contributed by atoms with Gasteiger partial charge in [-0.25, -0.2) is 12.8 Å². The van der Waals surface area contributed by atoms with Gasteiger partial charge < -0.3 is 5.32 Å². The Morgan fingerprint density at radius 3 is 2.36 bits per heavy atom. The highest BCUT2D eigenvalue weighted by molar-refractivity contribution is 7.92. The van der Waals surface area contributed by atoms with Gasteiger partial charge in [-0.05, 0) is 36.1 Å². The number of halogens is 2. The molecule has 1 N–H and O–H groups in total. The first-order valence-corrected chi connectivity index (χ1v) is 11.1. The molecule has 152 valence electrons. The van der Waals surface area contributed by atoms with Gasteiger partial charge in [-0.2, -0.15) is 0 Å². The Bertz CT molecular complexity index is 920. The van der Waals surface area contributed by atoms with E-state index in [0.29, 0.717) is 12.3 Å². The Balaban J connectivity index is 2.23. The minimum Gasteiger partial charge on any atom is -0.348 e. The quantitative estimate of drug-likeness (QED) is 0.689. The number of anilines is 1. The van der Waals surface area contributed by atoms with Crippen LogP contribution in [0.1, 0.15) is 31.9 Å². The van der Waals surface area contributed by atoms with Gasteiger partial charge in [-0.15, -0.1) is 0 Å². The number of amides is 1. The van der Waals surface area contributed by atoms with Crippen LogP contribution >= 0.6 is 11.6 Å². The smallest absolute Gasteiger partial charge is 0.241 e. The third-order valence-corrected chi connectivity index (χ3v) is 5.55. The first-order chi connectivity index (χ1) is 13.1. The number of hydrogen-bond acceptors (Lipinski definition) is 3. The molecule has 0 saturated heterocycles. The number of sulfonamides is 1. The van der Waals surface area contributed by atoms with Gasteiger partial charge >= 0.3 is 0 Å². The molecule has 0 aromatic heterocycles. The average molecular weight is 427 g/mol. The normalized spacial score (nSPS) is 12.6. The SMILES string of the molecule is CC(C)C[C@H](NC(=O)CN(c1ccc(F)c(Cl)c1)S(C)(=O)=O)c1ccccc1. The van der Waals surface area contributed by atoms with Gasteiger partial charge in [0.2, 0.25) is 15.9 Å². The van der Waals surface area contributed by atoms with Gasteiger partial charge in [0.05, 0.1) is 23.0 Å². The van der Waals surface area contributed by atoms with Gasteiger partial charge in [0, 0.05) is 0 Å². The van der Waals surface area contributed by atoms with Crippen molar-refractivity contribution in [1.29, 1.82) is 0 Å². The zero-order chi connectivity index (χ0) is 20.9. The monoisotopic (exact) mass is 426 g/mol. The zero-order valence-electron chi connectivity index (χ0n) is 16.0. The van der Waals surface area contributed by atoms with Gasteiger partial charge in [0.25, 0.3) is 0 Å². The molecule has 0 bridgehead atoms. The molecule has 0 aliphatic rings. The highest BCUT2D eigenvalue weighted by Gasteiger charge is 2.24. The summed E-state index contributed by atoms with van der Waals surface area (Å²) in [6.07, 6.45) is 1.69. The van der Waals surface area contributed by atoms with E-state index in [2.05, 4.69) is 5.32 Å². The molecular weight excluding hydrogens is 403 g/mol. The summed E-state index contributed by atoms with van der Waals surface area (Å²) in [6, 6.07) is 12.8. The molecule has 5 nitrogen and oxygen atoms in total. The molecule has 0 aliphatic carbocycles. The molecular formula is C20H24ClFN2O3S. The minimum atomic E-state index is -3.77. The van der Waals surface area contributed by atoms with Crippen LogP contribution in [0.2, 0.25) is 5.02 Å². The Kier molecular flexibility index (Phi) is 7.43. The fourth-order valence-electron chi connectivity index (χ4n) is 2.85. The number of nitrogens with one attached hydrogen (secondary N) is 1. The van der Waals surface area contributed by atoms with Crippen LogP contribution in [0, 0.1) is 11.7 Å². The van der Waals surface area contributed by atoms with E-state index in [1.165, 1.54) is 12.1 Å². The van der Waals surface area contributed by atoms with Crippen molar-refractivity contribution in [2.45, 2.75) is 26.3 Å². The molecule has 0 unspecified atom stereocenters. The van der Waals surface area contributed by atoms with Crippen LogP contribution in [0.25, 0.3) is 0 Å². The lowest BCUT2D eigenvalue weighted by molar-refractivity contribution is -0.120. The van der Waals surface area contributed by atoms with E-state index in [4.69, 9.17) is 11.6 Å². The number of hydrogen-bond donors (Lipinski definition) is 1. The number of carbonyl (C=O) groups is 1. The lowest BCUT2D eigenvalue weighted by atomic mass is 9.97. The first-order valence-electron chi connectivity index (χ1n) is 8.85. The summed E-state index contributed by atoms with van der Waals surface area (Å²) in [5.74, 6) is -0.794. The molecule has 2 aromatic rings. The molecule has 0 radical (unpaired) electrons. The summed E-state index contributed by atoms with van der Waals surface area (Å²) in [5, 5.41) is 2.70. The van der Waals surface area contributed by atoms with Crippen molar-refractivity contribution >= 4 is 33.2 Å². The lowest BCUT2D eigenvalue weighted by Gasteiger charge is -2.25. The molecule has 0 spiro atoms. The van der Waals surface area contributed by atoms with Crippen molar-refractivity contribution in [3.05, 3.63) is 64.9 Å². The predicted octanol–water partition coefficient (Wildman–Crippen LogP) is 4.15. The molecule has 8 heteroatoms. The molecule has 1 atom stereocenters. The summed E-state index contributed by atoms with van der Waals surface area (Å²) in [5.41, 5.74) is 1.07. The summed E-state index contributed by atoms with van der Waals surface area (Å²) in [4.78, 5) is 12.7. The van der Waals surface area contributed by atoms with Crippen molar-refractivity contribution in [2.75, 3.05) is 17.1 Å². The van der Waals surface area contributed by atoms with Crippen molar-refractivity contribution in [2.24, 2.45) is 5.92 Å². The fourth-order valence-corrected chi connectivity index (χ4v) is 3.87. The van der Waals surface area contributed by atoms with E-state index in [0.717, 1.165) is 22.2 Å². The Morgan fingerprint density at radius 1 is 1.18 bits per heavy atom. The van der Waals surface area contributed by atoms with Gasteiger partial charge in [0.1, 0.15) is 12.4 Å². The first kappa shape index (κ1) is 22.2. The molecule has 0 heterocycles. The van der Waals surface area contributed by atoms with Crippen LogP contribution in [-0.2, 0) is 14.8 Å². The second-order valence-electron chi connectivity index (χ2n) is 7.03. The van der Waals surface area contributed by atoms with E-state index in [1.807, 2.05) is 44.2 Å². The molecule has 2 rings (SSSR count). The zero-order valence-corrected chi connectivity index (χ0v) is 17.6. The third kappa shape index (κ3) is 6.21. The minimum absolute atomic E-state index is 0.129. The topological polar surface area (TPSA) is 66.5 Å². The largest absolute Gasteiger partial charge is 0.348 e. The molecule has 2 aromatic carbocycles. The highest BCUT2D eigenvalue weighted by atomic mass is 35.5. The Morgan fingerprint density at radius 2 is 1.82 bits per heavy atom. The van der Waals surface area contributed by atoms with Crippen LogP contribution in [0.4, 0.5) is 10.1 Å². The number of carbonyl (C=O) groups excluding carboxylic acids is 1. The maximum Gasteiger partial charge on any atom is 0.241 e. The molecule has 0 fully saturated rings. The standard InChI is InChI=1S/C20H24ClFN2O3S/c1-14(2)11-19(15-7-5-4-6-8-15)23-20(25)13-24(28(3,26)27)16-9-10-18(22)17(21)12-16/h4-10,12,14,19H,11,13H2,1-3H3,(H,23,25)/t19-/m0/s1. The van der Waals surface area contributed by atoms with E-state index < -0.39 is 28.3 Å². The van der Waals surface area contributed by atoms with E-state index in [1.54, 1.807) is 0 Å². The summed E-state index contributed by atoms with van der Waals surface area (Å²) in [7, 11) is -3.77. The van der Waals surface area contributed by atoms with Crippen LogP contribution < -0.4 is 9.62 Å². The maximum absolute atomic E-state index is 13.4. The fraction of sp³-hybridized carbons (Fsp3) is 0.350. The van der Waals surface area contributed by atoms with E-state index in [-0.39, 0.29) is 16.8 Å². The van der Waals surface area contributed by atoms with Crippen LogP contribution in [0.5, 0.6) is 0 Å². The maximum atomic E-state index is 13.4. The second kappa shape index (κ2) is 9.39. The van der Waals surface area contributed by atoms with Crippen LogP contribution in [-0.4, -0.2) is 27.1 Å². The molecule has 0 aliphatic heterocycles. The number of nitrogens with zero attached hydrogens (tertiary/aromatic N) is 1. The van der Waals surface area contributed by atoms with Crippen LogP contribution in [0.3, 0.4) is 0 Å². The lowest BCUT2D eigenvalue weighted by Crippen LogP contribution is -2.41. The van der Waals surface area contributed by atoms with Gasteiger partial charge in [-0.3, -0.25) is 9.10 Å². The average Bonchev–Trinajstić information content (AvgIpc) is 2.61. The summed E-state index contributed by atoms with van der Waals surface area (Å²) >= 11 is 5.77. The Hall–Kier alpha value is -2.12. The van der Waals surface area contributed by atoms with Gasteiger partial charge in [-0.1, -0.05) is 55.8 Å². The third-order valence-electron chi connectivity index (χ3n) is 4.12. The van der Waals surface area contributed by atoms with Crippen molar-refractivity contribution < 1.29 is 17.6 Å². The van der Waals surface area contributed by atoms with Crippen molar-refractivity contribution in [3.63, 3.8) is 0 Å². The molecule has 1 amide bonds. The molecule has 0 saturated carbocycles. The predicted molar refractivity (Wildman–Crippen MR) is 110 cm³/mol. The summed E-state index contributed by atoms with van der Waals surface area (Å²) < 4.78 is 38.7. The second-order valence-corrected chi connectivity index (χ2v) is 9.34. The van der Waals surface area contributed by atoms with E-state index >= 15 is 0 Å². The Labute approximate surface area is 170 Å². The van der Waals surface area contributed by atoms with Crippen LogP contribution in [0.15, 0.2) is 48.5 Å². The summed E-state index contributed by atoms with van der Waals surface area (Å²) in [6.45, 7) is 3.67. The van der Waals surface area contributed by atoms with Crippen molar-refractivity contribution in [3.8, 4) is 0 Å². The van der Waals surface area contributed by atoms with E-state index in [9.17, 15) is 17.6 Å². The van der Waals surface area contributed by atoms with Gasteiger partial charge in [0.15, 0.2) is 0 Å².